The number of aromatic nitrogens is 1. The summed E-state index contributed by atoms with van der Waals surface area (Å²) in [4.78, 5) is 26.6. The van der Waals surface area contributed by atoms with Gasteiger partial charge in [0.15, 0.2) is 5.58 Å². The summed E-state index contributed by atoms with van der Waals surface area (Å²) in [6.45, 7) is 7.07. The fourth-order valence-corrected chi connectivity index (χ4v) is 1.67. The molecule has 2 aromatic rings. The third-order valence-corrected chi connectivity index (χ3v) is 2.93. The highest BCUT2D eigenvalue weighted by atomic mass is 16.7. The number of carbonyl (C=O) groups excluding carboxylic acids is 2. The van der Waals surface area contributed by atoms with Gasteiger partial charge in [0, 0.05) is 18.1 Å². The first-order valence-corrected chi connectivity index (χ1v) is 6.86. The molecular formula is C15H19NO5. The summed E-state index contributed by atoms with van der Waals surface area (Å²) < 4.78 is 15.6. The van der Waals surface area contributed by atoms with Crippen LogP contribution in [0.2, 0.25) is 0 Å². The molecule has 0 aromatic carbocycles. The number of rotatable bonds is 5. The predicted octanol–water partition coefficient (Wildman–Crippen LogP) is 3.10. The molecule has 1 atom stereocenters. The monoisotopic (exact) mass is 293 g/mol. The second-order valence-electron chi connectivity index (χ2n) is 5.49. The van der Waals surface area contributed by atoms with Gasteiger partial charge in [-0.15, -0.1) is 0 Å². The molecule has 0 aliphatic carbocycles. The average Bonchev–Trinajstić information content (AvgIpc) is 2.97. The molecule has 0 fully saturated rings. The average molecular weight is 293 g/mol. The number of carbonyl (C=O) groups is 2. The van der Waals surface area contributed by atoms with Gasteiger partial charge in [-0.25, -0.2) is 4.79 Å². The first-order valence-electron chi connectivity index (χ1n) is 6.86. The van der Waals surface area contributed by atoms with Gasteiger partial charge in [-0.2, -0.15) is 0 Å². The van der Waals surface area contributed by atoms with Gasteiger partial charge in [0.05, 0.1) is 17.7 Å². The summed E-state index contributed by atoms with van der Waals surface area (Å²) in [5.41, 5.74) is 1.54. The zero-order valence-electron chi connectivity index (χ0n) is 12.5. The van der Waals surface area contributed by atoms with Crippen LogP contribution in [0.15, 0.2) is 22.8 Å². The van der Waals surface area contributed by atoms with Crippen LogP contribution in [0, 0.1) is 11.8 Å². The van der Waals surface area contributed by atoms with E-state index in [2.05, 4.69) is 4.98 Å². The van der Waals surface area contributed by atoms with Crippen LogP contribution in [-0.4, -0.2) is 23.2 Å². The molecule has 0 aliphatic heterocycles. The van der Waals surface area contributed by atoms with Crippen LogP contribution in [0.5, 0.6) is 0 Å². The summed E-state index contributed by atoms with van der Waals surface area (Å²) in [7, 11) is 0. The van der Waals surface area contributed by atoms with Crippen LogP contribution in [-0.2, 0) is 14.3 Å². The van der Waals surface area contributed by atoms with Crippen molar-refractivity contribution >= 4 is 23.0 Å². The van der Waals surface area contributed by atoms with Crippen LogP contribution in [0.25, 0.3) is 11.1 Å². The topological polar surface area (TPSA) is 81.5 Å². The normalized spacial score (nSPS) is 12.9. The van der Waals surface area contributed by atoms with E-state index in [0.29, 0.717) is 11.1 Å². The second-order valence-corrected chi connectivity index (χ2v) is 5.49. The maximum atomic E-state index is 12.1. The van der Waals surface area contributed by atoms with Gasteiger partial charge in [-0.05, 0) is 0 Å². The van der Waals surface area contributed by atoms with Crippen molar-refractivity contribution in [3.8, 4) is 0 Å². The van der Waals surface area contributed by atoms with Crippen molar-refractivity contribution in [1.29, 1.82) is 0 Å². The first-order chi connectivity index (χ1) is 9.88. The molecule has 114 valence electrons. The van der Waals surface area contributed by atoms with Gasteiger partial charge < -0.3 is 18.9 Å². The molecule has 2 aromatic heterocycles. The number of aromatic amines is 1. The number of esters is 2. The summed E-state index contributed by atoms with van der Waals surface area (Å²) >= 11 is 0. The van der Waals surface area contributed by atoms with Gasteiger partial charge in [0.1, 0.15) is 5.69 Å². The van der Waals surface area contributed by atoms with Crippen LogP contribution >= 0.6 is 0 Å². The summed E-state index contributed by atoms with van der Waals surface area (Å²) in [5.74, 6) is -1.41. The Hall–Kier alpha value is -2.24. The van der Waals surface area contributed by atoms with Crippen LogP contribution in [0.1, 0.15) is 38.2 Å². The number of hydrogen-bond donors (Lipinski definition) is 1. The van der Waals surface area contributed by atoms with Crippen molar-refractivity contribution in [3.63, 3.8) is 0 Å². The van der Waals surface area contributed by atoms with E-state index in [0.717, 1.165) is 0 Å². The van der Waals surface area contributed by atoms with E-state index in [-0.39, 0.29) is 17.5 Å². The molecule has 6 nitrogen and oxygen atoms in total. The molecule has 6 heteroatoms. The Balaban J connectivity index is 2.07. The molecule has 21 heavy (non-hydrogen) atoms. The minimum absolute atomic E-state index is 0.144. The highest BCUT2D eigenvalue weighted by Crippen LogP contribution is 2.19. The predicted molar refractivity (Wildman–Crippen MR) is 75.5 cm³/mol. The minimum atomic E-state index is -0.915. The standard InChI is InChI=1S/C15H19NO5/c1-8(2)13(17)20-15(9(3)4)21-14(18)11-7-12-10(16-11)5-6-19-12/h5-9,15-16H,1-4H3. The van der Waals surface area contributed by atoms with E-state index >= 15 is 0 Å². The van der Waals surface area contributed by atoms with Crippen molar-refractivity contribution in [2.75, 3.05) is 0 Å². The van der Waals surface area contributed by atoms with E-state index in [9.17, 15) is 9.59 Å². The summed E-state index contributed by atoms with van der Waals surface area (Å²) in [6, 6.07) is 3.27. The Morgan fingerprint density at radius 1 is 1.19 bits per heavy atom. The van der Waals surface area contributed by atoms with Gasteiger partial charge in [0.2, 0.25) is 6.29 Å². The van der Waals surface area contributed by atoms with Crippen molar-refractivity contribution < 1.29 is 23.5 Å². The van der Waals surface area contributed by atoms with Crippen molar-refractivity contribution in [1.82, 2.24) is 4.98 Å². The number of H-pyrrole nitrogens is 1. The van der Waals surface area contributed by atoms with Gasteiger partial charge in [-0.3, -0.25) is 4.79 Å². The van der Waals surface area contributed by atoms with Gasteiger partial charge in [0.25, 0.3) is 0 Å². The van der Waals surface area contributed by atoms with Crippen molar-refractivity contribution in [2.24, 2.45) is 11.8 Å². The molecule has 0 amide bonds. The SMILES string of the molecule is CC(C)C(=O)OC(OC(=O)c1cc2occc2[nH]1)C(C)C. The van der Waals surface area contributed by atoms with Crippen molar-refractivity contribution in [3.05, 3.63) is 24.1 Å². The summed E-state index contributed by atoms with van der Waals surface area (Å²) in [5, 5.41) is 0. The highest BCUT2D eigenvalue weighted by molar-refractivity contribution is 5.93. The molecule has 1 unspecified atom stereocenters. The number of furan rings is 1. The highest BCUT2D eigenvalue weighted by Gasteiger charge is 2.25. The fourth-order valence-electron chi connectivity index (χ4n) is 1.67. The lowest BCUT2D eigenvalue weighted by Crippen LogP contribution is -2.31. The molecule has 0 bridgehead atoms. The van der Waals surface area contributed by atoms with E-state index in [1.54, 1.807) is 26.0 Å². The lowest BCUT2D eigenvalue weighted by molar-refractivity contribution is -0.179. The third kappa shape index (κ3) is 3.45. The smallest absolute Gasteiger partial charge is 0.357 e. The van der Waals surface area contributed by atoms with Crippen LogP contribution in [0.3, 0.4) is 0 Å². The molecule has 0 spiro atoms. The first kappa shape index (κ1) is 15.2. The van der Waals surface area contributed by atoms with E-state index in [1.807, 2.05) is 13.8 Å². The Morgan fingerprint density at radius 3 is 2.48 bits per heavy atom. The lowest BCUT2D eigenvalue weighted by Gasteiger charge is -2.22. The van der Waals surface area contributed by atoms with Crippen LogP contribution < -0.4 is 0 Å². The number of nitrogens with one attached hydrogen (secondary N) is 1. The minimum Gasteiger partial charge on any atom is -0.463 e. The Morgan fingerprint density at radius 2 is 1.90 bits per heavy atom. The largest absolute Gasteiger partial charge is 0.463 e. The Kier molecular flexibility index (Phi) is 4.35. The van der Waals surface area contributed by atoms with E-state index in [1.165, 1.54) is 6.26 Å². The molecule has 2 rings (SSSR count). The molecule has 0 saturated heterocycles. The molecule has 1 N–H and O–H groups in total. The van der Waals surface area contributed by atoms with Crippen molar-refractivity contribution in [2.45, 2.75) is 34.0 Å². The Bertz CT molecular complexity index is 609. The summed E-state index contributed by atoms with van der Waals surface area (Å²) in [6.07, 6.45) is 0.611. The van der Waals surface area contributed by atoms with E-state index in [4.69, 9.17) is 13.9 Å². The van der Waals surface area contributed by atoms with Gasteiger partial charge in [-0.1, -0.05) is 27.7 Å². The quantitative estimate of drug-likeness (QED) is 0.676. The molecule has 2 heterocycles. The maximum absolute atomic E-state index is 12.1. The van der Waals surface area contributed by atoms with Gasteiger partial charge >= 0.3 is 11.9 Å². The Labute approximate surface area is 122 Å². The molecule has 0 saturated carbocycles. The molecule has 0 aliphatic rings. The number of hydrogen-bond acceptors (Lipinski definition) is 5. The fraction of sp³-hybridized carbons (Fsp3) is 0.467. The molecular weight excluding hydrogens is 274 g/mol. The number of fused-ring (bicyclic) bond motifs is 1. The van der Waals surface area contributed by atoms with Crippen LogP contribution in [0.4, 0.5) is 0 Å². The molecule has 0 radical (unpaired) electrons. The second kappa shape index (κ2) is 6.03. The zero-order valence-corrected chi connectivity index (χ0v) is 12.5. The lowest BCUT2D eigenvalue weighted by atomic mass is 10.2. The number of ether oxygens (including phenoxy) is 2. The van der Waals surface area contributed by atoms with E-state index < -0.39 is 18.2 Å². The third-order valence-electron chi connectivity index (χ3n) is 2.93. The maximum Gasteiger partial charge on any atom is 0.357 e. The zero-order chi connectivity index (χ0) is 15.6.